The monoisotopic (exact) mass is 296 g/mol. The first-order valence-electron chi connectivity index (χ1n) is 6.41. The van der Waals surface area contributed by atoms with Crippen molar-refractivity contribution in [2.45, 2.75) is 24.7 Å². The van der Waals surface area contributed by atoms with E-state index in [1.54, 1.807) is 12.1 Å². The highest BCUT2D eigenvalue weighted by atomic mass is 32.2. The summed E-state index contributed by atoms with van der Waals surface area (Å²) < 4.78 is 25.2. The number of sulfonamides is 1. The Morgan fingerprint density at radius 1 is 1.30 bits per heavy atom. The number of benzene rings is 1. The molecule has 0 saturated carbocycles. The van der Waals surface area contributed by atoms with Crippen molar-refractivity contribution >= 4 is 21.8 Å². The SMILES string of the molecule is CCCNC(=O)CCN1C(=O)c2ccccc2S1(=O)=O. The summed E-state index contributed by atoms with van der Waals surface area (Å²) in [6.07, 6.45) is 0.775. The highest BCUT2D eigenvalue weighted by Gasteiger charge is 2.40. The molecule has 6 nitrogen and oxygen atoms in total. The van der Waals surface area contributed by atoms with Gasteiger partial charge in [-0.05, 0) is 18.6 Å². The summed E-state index contributed by atoms with van der Waals surface area (Å²) in [7, 11) is -3.81. The van der Waals surface area contributed by atoms with Crippen molar-refractivity contribution in [3.63, 3.8) is 0 Å². The Morgan fingerprint density at radius 3 is 2.65 bits per heavy atom. The minimum Gasteiger partial charge on any atom is -0.356 e. The molecule has 0 atom stereocenters. The summed E-state index contributed by atoms with van der Waals surface area (Å²) in [5, 5.41) is 2.65. The fraction of sp³-hybridized carbons (Fsp3) is 0.385. The summed E-state index contributed by atoms with van der Waals surface area (Å²) in [6.45, 7) is 2.33. The number of amides is 2. The molecule has 0 radical (unpaired) electrons. The van der Waals surface area contributed by atoms with Crippen molar-refractivity contribution in [1.29, 1.82) is 0 Å². The van der Waals surface area contributed by atoms with E-state index in [0.29, 0.717) is 6.54 Å². The van der Waals surface area contributed by atoms with Crippen molar-refractivity contribution in [3.05, 3.63) is 29.8 Å². The number of nitrogens with one attached hydrogen (secondary N) is 1. The van der Waals surface area contributed by atoms with Crippen LogP contribution in [0.5, 0.6) is 0 Å². The number of rotatable bonds is 5. The maximum absolute atomic E-state index is 12.2. The van der Waals surface area contributed by atoms with E-state index in [4.69, 9.17) is 0 Å². The largest absolute Gasteiger partial charge is 0.356 e. The van der Waals surface area contributed by atoms with E-state index in [0.717, 1.165) is 10.7 Å². The molecule has 1 heterocycles. The van der Waals surface area contributed by atoms with Gasteiger partial charge in [-0.2, -0.15) is 0 Å². The smallest absolute Gasteiger partial charge is 0.269 e. The number of carbonyl (C=O) groups is 2. The topological polar surface area (TPSA) is 83.6 Å². The van der Waals surface area contributed by atoms with Crippen LogP contribution in [0.1, 0.15) is 30.1 Å². The first-order valence-corrected chi connectivity index (χ1v) is 7.85. The van der Waals surface area contributed by atoms with Crippen LogP contribution in [-0.2, 0) is 14.8 Å². The number of hydrogen-bond donors (Lipinski definition) is 1. The lowest BCUT2D eigenvalue weighted by atomic mass is 10.2. The van der Waals surface area contributed by atoms with Crippen molar-refractivity contribution in [1.82, 2.24) is 9.62 Å². The van der Waals surface area contributed by atoms with Gasteiger partial charge in [0.15, 0.2) is 0 Å². The Kier molecular flexibility index (Phi) is 4.08. The zero-order valence-corrected chi connectivity index (χ0v) is 11.9. The van der Waals surface area contributed by atoms with Gasteiger partial charge in [0.05, 0.1) is 5.56 Å². The van der Waals surface area contributed by atoms with Crippen molar-refractivity contribution in [2.75, 3.05) is 13.1 Å². The number of hydrogen-bond acceptors (Lipinski definition) is 4. The lowest BCUT2D eigenvalue weighted by Crippen LogP contribution is -2.34. The average Bonchev–Trinajstić information content (AvgIpc) is 2.63. The molecule has 0 unspecified atom stereocenters. The van der Waals surface area contributed by atoms with Gasteiger partial charge in [0.1, 0.15) is 4.90 Å². The van der Waals surface area contributed by atoms with Crippen LogP contribution in [-0.4, -0.2) is 37.6 Å². The van der Waals surface area contributed by atoms with Crippen LogP contribution in [0.15, 0.2) is 29.2 Å². The molecule has 0 aliphatic carbocycles. The van der Waals surface area contributed by atoms with E-state index >= 15 is 0 Å². The van der Waals surface area contributed by atoms with E-state index in [-0.39, 0.29) is 29.3 Å². The van der Waals surface area contributed by atoms with Crippen molar-refractivity contribution < 1.29 is 18.0 Å². The van der Waals surface area contributed by atoms with Gasteiger partial charge in [0, 0.05) is 19.5 Å². The van der Waals surface area contributed by atoms with Gasteiger partial charge in [-0.1, -0.05) is 19.1 Å². The van der Waals surface area contributed by atoms with E-state index in [1.807, 2.05) is 6.92 Å². The van der Waals surface area contributed by atoms with Gasteiger partial charge in [-0.3, -0.25) is 9.59 Å². The second-order valence-electron chi connectivity index (χ2n) is 4.48. The van der Waals surface area contributed by atoms with Gasteiger partial charge in [0.2, 0.25) is 5.91 Å². The summed E-state index contributed by atoms with van der Waals surface area (Å²) in [4.78, 5) is 23.6. The molecule has 7 heteroatoms. The number of carbonyl (C=O) groups excluding carboxylic acids is 2. The Balaban J connectivity index is 2.12. The molecule has 0 fully saturated rings. The standard InChI is InChI=1S/C13H16N2O4S/c1-2-8-14-12(16)7-9-15-13(17)10-5-3-4-6-11(10)20(15,18)19/h3-6H,2,7-9H2,1H3,(H,14,16). The lowest BCUT2D eigenvalue weighted by molar-refractivity contribution is -0.121. The molecule has 1 aromatic carbocycles. The Hall–Kier alpha value is -1.89. The van der Waals surface area contributed by atoms with Crippen LogP contribution in [0.25, 0.3) is 0 Å². The molecule has 1 N–H and O–H groups in total. The molecule has 2 amide bonds. The zero-order valence-electron chi connectivity index (χ0n) is 11.1. The minimum atomic E-state index is -3.81. The fourth-order valence-electron chi connectivity index (χ4n) is 2.01. The molecule has 0 aromatic heterocycles. The van der Waals surface area contributed by atoms with E-state index in [2.05, 4.69) is 5.32 Å². The molecule has 108 valence electrons. The Labute approximate surface area is 117 Å². The van der Waals surface area contributed by atoms with Crippen LogP contribution >= 0.6 is 0 Å². The third-order valence-electron chi connectivity index (χ3n) is 3.03. The van der Waals surface area contributed by atoms with Crippen molar-refractivity contribution in [3.8, 4) is 0 Å². The summed E-state index contributed by atoms with van der Waals surface area (Å²) in [6, 6.07) is 6.07. The summed E-state index contributed by atoms with van der Waals surface area (Å²) >= 11 is 0. The second-order valence-corrected chi connectivity index (χ2v) is 6.31. The third-order valence-corrected chi connectivity index (χ3v) is 4.87. The van der Waals surface area contributed by atoms with E-state index < -0.39 is 15.9 Å². The predicted molar refractivity (Wildman–Crippen MR) is 72.6 cm³/mol. The van der Waals surface area contributed by atoms with E-state index in [1.165, 1.54) is 12.1 Å². The molecule has 0 saturated heterocycles. The van der Waals surface area contributed by atoms with E-state index in [9.17, 15) is 18.0 Å². The molecular formula is C13H16N2O4S. The highest BCUT2D eigenvalue weighted by molar-refractivity contribution is 7.90. The molecule has 1 aromatic rings. The van der Waals surface area contributed by atoms with Crippen molar-refractivity contribution in [2.24, 2.45) is 0 Å². The number of nitrogens with zero attached hydrogens (tertiary/aromatic N) is 1. The van der Waals surface area contributed by atoms with Gasteiger partial charge in [-0.15, -0.1) is 0 Å². The van der Waals surface area contributed by atoms with Crippen LogP contribution in [0.4, 0.5) is 0 Å². The Bertz CT molecular complexity index is 640. The molecule has 20 heavy (non-hydrogen) atoms. The second kappa shape index (κ2) is 5.62. The first kappa shape index (κ1) is 14.5. The summed E-state index contributed by atoms with van der Waals surface area (Å²) in [5.74, 6) is -0.824. The minimum absolute atomic E-state index is 0.0129. The molecule has 0 spiro atoms. The average molecular weight is 296 g/mol. The lowest BCUT2D eigenvalue weighted by Gasteiger charge is -2.14. The van der Waals surface area contributed by atoms with Crippen LogP contribution < -0.4 is 5.32 Å². The number of fused-ring (bicyclic) bond motifs is 1. The summed E-state index contributed by atoms with van der Waals surface area (Å²) in [5.41, 5.74) is 0.168. The molecule has 2 rings (SSSR count). The first-order chi connectivity index (χ1) is 9.48. The van der Waals surface area contributed by atoms with Gasteiger partial charge in [-0.25, -0.2) is 12.7 Å². The zero-order chi connectivity index (χ0) is 14.8. The highest BCUT2D eigenvalue weighted by Crippen LogP contribution is 2.29. The Morgan fingerprint density at radius 2 is 2.00 bits per heavy atom. The quantitative estimate of drug-likeness (QED) is 0.869. The van der Waals surface area contributed by atoms with Crippen LogP contribution in [0.2, 0.25) is 0 Å². The third kappa shape index (κ3) is 2.53. The maximum Gasteiger partial charge on any atom is 0.269 e. The predicted octanol–water partition coefficient (Wildman–Crippen LogP) is 0.747. The van der Waals surface area contributed by atoms with Crippen LogP contribution in [0.3, 0.4) is 0 Å². The van der Waals surface area contributed by atoms with Gasteiger partial charge in [0.25, 0.3) is 15.9 Å². The van der Waals surface area contributed by atoms with Gasteiger partial charge < -0.3 is 5.32 Å². The maximum atomic E-state index is 12.2. The molecule has 1 aliphatic rings. The molecule has 1 aliphatic heterocycles. The normalized spacial score (nSPS) is 16.1. The van der Waals surface area contributed by atoms with Gasteiger partial charge >= 0.3 is 0 Å². The molecule has 0 bridgehead atoms. The fourth-order valence-corrected chi connectivity index (χ4v) is 3.58. The van der Waals surface area contributed by atoms with Crippen LogP contribution in [0, 0.1) is 0 Å². The molecular weight excluding hydrogens is 280 g/mol.